The van der Waals surface area contributed by atoms with E-state index in [1.165, 1.54) is 4.90 Å². The summed E-state index contributed by atoms with van der Waals surface area (Å²) in [6.07, 6.45) is -3.43. The summed E-state index contributed by atoms with van der Waals surface area (Å²) in [6.45, 7) is 2.56. The molecule has 0 bridgehead atoms. The molecule has 0 aromatic heterocycles. The Morgan fingerprint density at radius 1 is 1.21 bits per heavy atom. The van der Waals surface area contributed by atoms with E-state index in [-0.39, 0.29) is 0 Å². The van der Waals surface area contributed by atoms with Gasteiger partial charge in [0.25, 0.3) is 0 Å². The van der Waals surface area contributed by atoms with Crippen molar-refractivity contribution in [1.82, 2.24) is 10.2 Å². The van der Waals surface area contributed by atoms with Gasteiger partial charge in [-0.2, -0.15) is 13.2 Å². The number of rotatable bonds is 7. The highest BCUT2D eigenvalue weighted by molar-refractivity contribution is 5.23. The fourth-order valence-electron chi connectivity index (χ4n) is 2.08. The molecule has 5 heteroatoms. The molecule has 0 saturated heterocycles. The minimum atomic E-state index is -4.14. The summed E-state index contributed by atoms with van der Waals surface area (Å²) >= 11 is 0. The maximum atomic E-state index is 12.5. The molecule has 1 aromatic carbocycles. The molecule has 0 heterocycles. The van der Waals surface area contributed by atoms with Crippen LogP contribution in [0, 0.1) is 0 Å². The monoisotopic (exact) mass is 274 g/mol. The van der Waals surface area contributed by atoms with Crippen molar-refractivity contribution in [1.29, 1.82) is 0 Å². The normalized spacial score (nSPS) is 12.1. The van der Waals surface area contributed by atoms with Crippen LogP contribution in [0.4, 0.5) is 13.2 Å². The molecule has 0 unspecified atom stereocenters. The van der Waals surface area contributed by atoms with Crippen molar-refractivity contribution >= 4 is 0 Å². The highest BCUT2D eigenvalue weighted by Crippen LogP contribution is 2.18. The number of benzene rings is 1. The Labute approximate surface area is 112 Å². The van der Waals surface area contributed by atoms with Crippen molar-refractivity contribution in [3.05, 3.63) is 35.4 Å². The molecular weight excluding hydrogens is 253 g/mol. The summed E-state index contributed by atoms with van der Waals surface area (Å²) in [4.78, 5) is 1.44. The Hall–Kier alpha value is -1.07. The third kappa shape index (κ3) is 6.59. The average Bonchev–Trinajstić information content (AvgIpc) is 2.28. The smallest absolute Gasteiger partial charge is 0.316 e. The van der Waals surface area contributed by atoms with E-state index in [0.29, 0.717) is 19.5 Å². The van der Waals surface area contributed by atoms with Gasteiger partial charge in [-0.25, -0.2) is 0 Å². The molecule has 0 atom stereocenters. The Morgan fingerprint density at radius 2 is 1.89 bits per heavy atom. The number of halogens is 3. The van der Waals surface area contributed by atoms with Crippen LogP contribution >= 0.6 is 0 Å². The van der Waals surface area contributed by atoms with E-state index in [4.69, 9.17) is 0 Å². The van der Waals surface area contributed by atoms with E-state index in [1.54, 1.807) is 0 Å². The molecule has 1 aromatic rings. The topological polar surface area (TPSA) is 15.3 Å². The van der Waals surface area contributed by atoms with Crippen LogP contribution < -0.4 is 5.32 Å². The van der Waals surface area contributed by atoms with E-state index in [2.05, 4.69) is 5.32 Å². The van der Waals surface area contributed by atoms with E-state index in [1.807, 2.05) is 38.2 Å². The third-order valence-corrected chi connectivity index (χ3v) is 2.72. The number of nitrogens with zero attached hydrogens (tertiary/aromatic N) is 1. The second-order valence-corrected chi connectivity index (χ2v) is 4.68. The highest BCUT2D eigenvalue weighted by atomic mass is 19.4. The van der Waals surface area contributed by atoms with Crippen molar-refractivity contribution in [2.24, 2.45) is 0 Å². The molecule has 0 spiro atoms. The van der Waals surface area contributed by atoms with Gasteiger partial charge in [-0.15, -0.1) is 0 Å². The maximum absolute atomic E-state index is 12.5. The van der Waals surface area contributed by atoms with Crippen LogP contribution in [0.3, 0.4) is 0 Å². The molecule has 1 N–H and O–H groups in total. The van der Waals surface area contributed by atoms with Gasteiger partial charge in [0, 0.05) is 13.1 Å². The zero-order valence-electron chi connectivity index (χ0n) is 11.4. The van der Waals surface area contributed by atoms with Crippen molar-refractivity contribution in [2.75, 3.05) is 20.1 Å². The molecule has 0 radical (unpaired) electrons. The van der Waals surface area contributed by atoms with Crippen LogP contribution in [0.5, 0.6) is 0 Å². The lowest BCUT2D eigenvalue weighted by molar-refractivity contribution is -0.147. The first kappa shape index (κ1) is 16.0. The molecule has 0 amide bonds. The molecule has 0 aliphatic heterocycles. The third-order valence-electron chi connectivity index (χ3n) is 2.72. The summed E-state index contributed by atoms with van der Waals surface area (Å²) in [5, 5.41) is 3.03. The van der Waals surface area contributed by atoms with Gasteiger partial charge in [-0.3, -0.25) is 4.90 Å². The highest BCUT2D eigenvalue weighted by Gasteiger charge is 2.30. The Bertz CT molecular complexity index is 377. The first-order valence-corrected chi connectivity index (χ1v) is 6.46. The van der Waals surface area contributed by atoms with Crippen molar-refractivity contribution in [3.63, 3.8) is 0 Å². The standard InChI is InChI=1S/C14H21F3N2/c1-3-7-19(11-14(15,16)17)10-13-6-4-5-12(8-13)9-18-2/h4-6,8,18H,3,7,9-11H2,1-2H3. The van der Waals surface area contributed by atoms with Gasteiger partial charge in [0.1, 0.15) is 0 Å². The second kappa shape index (κ2) is 7.50. The number of hydrogen-bond donors (Lipinski definition) is 1. The first-order valence-electron chi connectivity index (χ1n) is 6.46. The number of nitrogens with one attached hydrogen (secondary N) is 1. The lowest BCUT2D eigenvalue weighted by Crippen LogP contribution is -2.34. The first-order chi connectivity index (χ1) is 8.94. The minimum absolute atomic E-state index is 0.338. The predicted octanol–water partition coefficient (Wildman–Crippen LogP) is 3.18. The SMILES string of the molecule is CCCN(Cc1cccc(CNC)c1)CC(F)(F)F. The van der Waals surface area contributed by atoms with Crippen LogP contribution in [-0.2, 0) is 13.1 Å². The van der Waals surface area contributed by atoms with Gasteiger partial charge in [-0.1, -0.05) is 31.2 Å². The van der Waals surface area contributed by atoms with Gasteiger partial charge in [0.05, 0.1) is 6.54 Å². The van der Waals surface area contributed by atoms with Crippen molar-refractivity contribution < 1.29 is 13.2 Å². The molecule has 0 aliphatic rings. The van der Waals surface area contributed by atoms with Gasteiger partial charge in [-0.05, 0) is 31.1 Å². The molecule has 2 nitrogen and oxygen atoms in total. The van der Waals surface area contributed by atoms with Crippen LogP contribution in [-0.4, -0.2) is 31.2 Å². The number of alkyl halides is 3. The summed E-state index contributed by atoms with van der Waals surface area (Å²) in [5.74, 6) is 0. The molecular formula is C14H21F3N2. The second-order valence-electron chi connectivity index (χ2n) is 4.68. The fourth-order valence-corrected chi connectivity index (χ4v) is 2.08. The average molecular weight is 274 g/mol. The fraction of sp³-hybridized carbons (Fsp3) is 0.571. The van der Waals surface area contributed by atoms with E-state index in [9.17, 15) is 13.2 Å². The zero-order chi connectivity index (χ0) is 14.3. The predicted molar refractivity (Wildman–Crippen MR) is 70.8 cm³/mol. The molecule has 0 fully saturated rings. The molecule has 0 aliphatic carbocycles. The molecule has 1 rings (SSSR count). The minimum Gasteiger partial charge on any atom is -0.316 e. The quantitative estimate of drug-likeness (QED) is 0.821. The zero-order valence-corrected chi connectivity index (χ0v) is 11.4. The summed E-state index contributed by atoms with van der Waals surface area (Å²) in [5.41, 5.74) is 2.01. The lowest BCUT2D eigenvalue weighted by Gasteiger charge is -2.23. The Morgan fingerprint density at radius 3 is 2.47 bits per heavy atom. The van der Waals surface area contributed by atoms with Crippen LogP contribution in [0.25, 0.3) is 0 Å². The van der Waals surface area contributed by atoms with Gasteiger partial charge >= 0.3 is 6.18 Å². The van der Waals surface area contributed by atoms with Crippen molar-refractivity contribution in [3.8, 4) is 0 Å². The van der Waals surface area contributed by atoms with Crippen LogP contribution in [0.1, 0.15) is 24.5 Å². The number of hydrogen-bond acceptors (Lipinski definition) is 2. The van der Waals surface area contributed by atoms with Gasteiger partial charge < -0.3 is 5.32 Å². The van der Waals surface area contributed by atoms with E-state index < -0.39 is 12.7 Å². The molecule has 0 saturated carbocycles. The van der Waals surface area contributed by atoms with Crippen LogP contribution in [0.2, 0.25) is 0 Å². The summed E-state index contributed by atoms with van der Waals surface area (Å²) in [7, 11) is 1.85. The Kier molecular flexibility index (Phi) is 6.31. The van der Waals surface area contributed by atoms with Gasteiger partial charge in [0.15, 0.2) is 0 Å². The maximum Gasteiger partial charge on any atom is 0.401 e. The largest absolute Gasteiger partial charge is 0.401 e. The summed E-state index contributed by atoms with van der Waals surface area (Å²) in [6, 6.07) is 7.68. The molecule has 19 heavy (non-hydrogen) atoms. The van der Waals surface area contributed by atoms with E-state index >= 15 is 0 Å². The Balaban J connectivity index is 2.69. The van der Waals surface area contributed by atoms with Crippen molar-refractivity contribution in [2.45, 2.75) is 32.6 Å². The van der Waals surface area contributed by atoms with Gasteiger partial charge in [0.2, 0.25) is 0 Å². The lowest BCUT2D eigenvalue weighted by atomic mass is 10.1. The summed E-state index contributed by atoms with van der Waals surface area (Å²) < 4.78 is 37.4. The van der Waals surface area contributed by atoms with E-state index in [0.717, 1.165) is 17.7 Å². The van der Waals surface area contributed by atoms with Crippen LogP contribution in [0.15, 0.2) is 24.3 Å². The molecule has 108 valence electrons.